The Morgan fingerprint density at radius 2 is 2.15 bits per heavy atom. The first-order valence-corrected chi connectivity index (χ1v) is 7.08. The summed E-state index contributed by atoms with van der Waals surface area (Å²) < 4.78 is 0. The highest BCUT2D eigenvalue weighted by atomic mass is 32.1. The Labute approximate surface area is 124 Å². The number of hydrogen-bond donors (Lipinski definition) is 3. The largest absolute Gasteiger partial charge is 0.389 e. The van der Waals surface area contributed by atoms with Gasteiger partial charge in [-0.2, -0.15) is 0 Å². The van der Waals surface area contributed by atoms with Crippen molar-refractivity contribution < 1.29 is 4.79 Å². The van der Waals surface area contributed by atoms with Crippen molar-refractivity contribution in [3.8, 4) is 0 Å². The molecule has 1 aliphatic rings. The predicted octanol–water partition coefficient (Wildman–Crippen LogP) is 1.13. The molecule has 0 saturated carbocycles. The second-order valence-electron chi connectivity index (χ2n) is 5.81. The lowest BCUT2D eigenvalue weighted by atomic mass is 9.93. The highest BCUT2D eigenvalue weighted by molar-refractivity contribution is 7.80. The van der Waals surface area contributed by atoms with Gasteiger partial charge in [0.15, 0.2) is 0 Å². The number of aromatic nitrogens is 1. The molecule has 0 saturated heterocycles. The van der Waals surface area contributed by atoms with Crippen LogP contribution in [0.25, 0.3) is 0 Å². The molecule has 0 aliphatic heterocycles. The highest BCUT2D eigenvalue weighted by Crippen LogP contribution is 2.26. The zero-order chi connectivity index (χ0) is 14.9. The SMILES string of the molecule is CC(C)(CNc1nc2c(cc1C(N)=S)CCC2)C(N)=O. The fourth-order valence-corrected chi connectivity index (χ4v) is 2.34. The van der Waals surface area contributed by atoms with Crippen LogP contribution >= 0.6 is 12.2 Å². The number of hydrogen-bond acceptors (Lipinski definition) is 4. The van der Waals surface area contributed by atoms with Crippen molar-refractivity contribution >= 4 is 28.9 Å². The summed E-state index contributed by atoms with van der Waals surface area (Å²) in [5, 5.41) is 3.17. The number of nitrogens with one attached hydrogen (secondary N) is 1. The first-order chi connectivity index (χ1) is 9.31. The van der Waals surface area contributed by atoms with Gasteiger partial charge in [0, 0.05) is 12.2 Å². The third kappa shape index (κ3) is 2.90. The Balaban J connectivity index is 2.27. The minimum atomic E-state index is -0.659. The molecule has 5 nitrogen and oxygen atoms in total. The number of nitrogens with two attached hydrogens (primary N) is 2. The maximum Gasteiger partial charge on any atom is 0.224 e. The van der Waals surface area contributed by atoms with E-state index in [1.54, 1.807) is 13.8 Å². The highest BCUT2D eigenvalue weighted by Gasteiger charge is 2.26. The van der Waals surface area contributed by atoms with Gasteiger partial charge in [0.25, 0.3) is 0 Å². The smallest absolute Gasteiger partial charge is 0.224 e. The summed E-state index contributed by atoms with van der Waals surface area (Å²) in [6, 6.07) is 2.01. The van der Waals surface area contributed by atoms with E-state index < -0.39 is 5.41 Å². The van der Waals surface area contributed by atoms with Crippen LogP contribution in [0.1, 0.15) is 37.1 Å². The molecular weight excluding hydrogens is 272 g/mol. The zero-order valence-corrected chi connectivity index (χ0v) is 12.6. The third-order valence-corrected chi connectivity index (χ3v) is 3.90. The number of thiocarbonyl (C=S) groups is 1. The number of nitrogens with zero attached hydrogens (tertiary/aromatic N) is 1. The van der Waals surface area contributed by atoms with Gasteiger partial charge in [-0.25, -0.2) is 4.98 Å². The van der Waals surface area contributed by atoms with Gasteiger partial charge in [-0.05, 0) is 44.7 Å². The number of anilines is 1. The molecule has 0 atom stereocenters. The van der Waals surface area contributed by atoms with Crippen LogP contribution in [0.4, 0.5) is 5.82 Å². The van der Waals surface area contributed by atoms with Gasteiger partial charge >= 0.3 is 0 Å². The van der Waals surface area contributed by atoms with Crippen LogP contribution in [0.5, 0.6) is 0 Å². The van der Waals surface area contributed by atoms with E-state index in [0.717, 1.165) is 30.5 Å². The zero-order valence-electron chi connectivity index (χ0n) is 11.8. The second-order valence-corrected chi connectivity index (χ2v) is 6.25. The minimum Gasteiger partial charge on any atom is -0.389 e. The van der Waals surface area contributed by atoms with Crippen LogP contribution in [0, 0.1) is 5.41 Å². The Bertz CT molecular complexity index is 569. The van der Waals surface area contributed by atoms with Crippen LogP contribution in [0.3, 0.4) is 0 Å². The van der Waals surface area contributed by atoms with Crippen molar-refractivity contribution in [1.82, 2.24) is 4.98 Å². The fourth-order valence-electron chi connectivity index (χ4n) is 2.19. The maximum absolute atomic E-state index is 11.4. The molecule has 1 amide bonds. The molecule has 1 heterocycles. The molecule has 6 heteroatoms. The first kappa shape index (κ1) is 14.7. The summed E-state index contributed by atoms with van der Waals surface area (Å²) in [4.78, 5) is 16.3. The normalized spacial score (nSPS) is 13.9. The van der Waals surface area contributed by atoms with E-state index >= 15 is 0 Å². The Morgan fingerprint density at radius 3 is 2.75 bits per heavy atom. The van der Waals surface area contributed by atoms with Crippen molar-refractivity contribution in [1.29, 1.82) is 0 Å². The van der Waals surface area contributed by atoms with Gasteiger partial charge in [-0.3, -0.25) is 4.79 Å². The Hall–Kier alpha value is -1.69. The lowest BCUT2D eigenvalue weighted by Gasteiger charge is -2.22. The first-order valence-electron chi connectivity index (χ1n) is 6.67. The number of pyridine rings is 1. The van der Waals surface area contributed by atoms with Crippen LogP contribution in [-0.4, -0.2) is 22.4 Å². The Morgan fingerprint density at radius 1 is 1.45 bits per heavy atom. The van der Waals surface area contributed by atoms with Gasteiger partial charge in [0.1, 0.15) is 10.8 Å². The van der Waals surface area contributed by atoms with Gasteiger partial charge < -0.3 is 16.8 Å². The number of aryl methyl sites for hydroxylation is 2. The molecule has 0 bridgehead atoms. The van der Waals surface area contributed by atoms with Crippen molar-refractivity contribution in [2.75, 3.05) is 11.9 Å². The van der Waals surface area contributed by atoms with E-state index in [1.807, 2.05) is 6.07 Å². The predicted molar refractivity (Wildman–Crippen MR) is 83.6 cm³/mol. The van der Waals surface area contributed by atoms with E-state index in [1.165, 1.54) is 5.56 Å². The molecule has 20 heavy (non-hydrogen) atoms. The maximum atomic E-state index is 11.4. The van der Waals surface area contributed by atoms with Crippen LogP contribution < -0.4 is 16.8 Å². The van der Waals surface area contributed by atoms with Crippen molar-refractivity contribution in [2.24, 2.45) is 16.9 Å². The summed E-state index contributed by atoms with van der Waals surface area (Å²) in [5.74, 6) is 0.288. The van der Waals surface area contributed by atoms with Crippen molar-refractivity contribution in [2.45, 2.75) is 33.1 Å². The molecule has 0 spiro atoms. The quantitative estimate of drug-likeness (QED) is 0.707. The number of primary amides is 1. The van der Waals surface area contributed by atoms with E-state index in [4.69, 9.17) is 23.7 Å². The lowest BCUT2D eigenvalue weighted by molar-refractivity contribution is -0.125. The third-order valence-electron chi connectivity index (χ3n) is 3.68. The molecule has 1 aromatic rings. The summed E-state index contributed by atoms with van der Waals surface area (Å²) in [6.45, 7) is 3.97. The summed E-state index contributed by atoms with van der Waals surface area (Å²) in [6.07, 6.45) is 3.10. The molecule has 0 fully saturated rings. The van der Waals surface area contributed by atoms with E-state index in [2.05, 4.69) is 10.3 Å². The molecule has 108 valence electrons. The van der Waals surface area contributed by atoms with Crippen LogP contribution in [0.15, 0.2) is 6.07 Å². The topological polar surface area (TPSA) is 94.0 Å². The van der Waals surface area contributed by atoms with Crippen LogP contribution in [-0.2, 0) is 17.6 Å². The molecule has 1 aromatic heterocycles. The Kier molecular flexibility index (Phi) is 3.94. The summed E-state index contributed by atoms with van der Waals surface area (Å²) in [5.41, 5.74) is 13.5. The number of carbonyl (C=O) groups is 1. The average molecular weight is 292 g/mol. The molecular formula is C14H20N4OS. The van der Waals surface area contributed by atoms with E-state index in [0.29, 0.717) is 17.4 Å². The van der Waals surface area contributed by atoms with Gasteiger partial charge in [-0.1, -0.05) is 12.2 Å². The fraction of sp³-hybridized carbons (Fsp3) is 0.500. The van der Waals surface area contributed by atoms with Crippen LogP contribution in [0.2, 0.25) is 0 Å². The van der Waals surface area contributed by atoms with Crippen molar-refractivity contribution in [3.05, 3.63) is 22.9 Å². The van der Waals surface area contributed by atoms with Crippen molar-refractivity contribution in [3.63, 3.8) is 0 Å². The summed E-state index contributed by atoms with van der Waals surface area (Å²) >= 11 is 5.09. The van der Waals surface area contributed by atoms with Gasteiger partial charge in [-0.15, -0.1) is 0 Å². The molecule has 2 rings (SSSR count). The standard InChI is InChI=1S/C14H20N4OS/c1-14(2,13(16)19)7-17-12-9(11(15)20)6-8-4-3-5-10(8)18-12/h6H,3-5,7H2,1-2H3,(H2,15,20)(H2,16,19)(H,17,18). The minimum absolute atomic E-state index is 0.312. The number of fused-ring (bicyclic) bond motifs is 1. The lowest BCUT2D eigenvalue weighted by Crippen LogP contribution is -2.37. The van der Waals surface area contributed by atoms with E-state index in [9.17, 15) is 4.79 Å². The second kappa shape index (κ2) is 5.36. The molecule has 1 aliphatic carbocycles. The molecule has 0 aromatic carbocycles. The average Bonchev–Trinajstić information content (AvgIpc) is 2.81. The monoisotopic (exact) mass is 292 g/mol. The van der Waals surface area contributed by atoms with E-state index in [-0.39, 0.29) is 5.91 Å². The molecule has 0 unspecified atom stereocenters. The number of rotatable bonds is 5. The molecule has 5 N–H and O–H groups in total. The number of carbonyl (C=O) groups excluding carboxylic acids is 1. The molecule has 0 radical (unpaired) electrons. The number of amides is 1. The summed E-state index contributed by atoms with van der Waals surface area (Å²) in [7, 11) is 0. The van der Waals surface area contributed by atoms with Gasteiger partial charge in [0.05, 0.1) is 11.0 Å². The van der Waals surface area contributed by atoms with Gasteiger partial charge in [0.2, 0.25) is 5.91 Å².